The van der Waals surface area contributed by atoms with Gasteiger partial charge in [-0.3, -0.25) is 0 Å². The van der Waals surface area contributed by atoms with Crippen molar-refractivity contribution in [2.45, 2.75) is 31.1 Å². The Morgan fingerprint density at radius 3 is 1.93 bits per heavy atom. The third-order valence-electron chi connectivity index (χ3n) is 4.14. The molecule has 2 nitrogen and oxygen atoms in total. The van der Waals surface area contributed by atoms with Crippen molar-refractivity contribution in [3.8, 4) is 17.2 Å². The molecule has 0 amide bonds. The Balaban J connectivity index is 1.42. The van der Waals surface area contributed by atoms with Crippen LogP contribution in [0.2, 0.25) is 0 Å². The number of rotatable bonds is 7. The van der Waals surface area contributed by atoms with Crippen LogP contribution in [-0.4, -0.2) is 12.4 Å². The van der Waals surface area contributed by atoms with E-state index >= 15 is 0 Å². The van der Waals surface area contributed by atoms with E-state index in [4.69, 9.17) is 9.47 Å². The van der Waals surface area contributed by atoms with Crippen LogP contribution < -0.4 is 9.47 Å². The molecular weight excluding hydrogens is 352 g/mol. The zero-order valence-electron chi connectivity index (χ0n) is 16.1. The number of hydrogen-bond acceptors (Lipinski definition) is 3. The summed E-state index contributed by atoms with van der Waals surface area (Å²) in [5, 5.41) is 0. The molecule has 0 radical (unpaired) electrons. The molecule has 0 aliphatic rings. The first-order valence-corrected chi connectivity index (χ1v) is 10.2. The Hall–Kier alpha value is -2.39. The minimum atomic E-state index is 0.197. The van der Waals surface area contributed by atoms with E-state index in [-0.39, 0.29) is 5.41 Å². The lowest BCUT2D eigenvalue weighted by Crippen LogP contribution is -2.10. The number of ether oxygens (including phenoxy) is 2. The Morgan fingerprint density at radius 1 is 0.704 bits per heavy atom. The molecular formula is C24H26O2S. The van der Waals surface area contributed by atoms with Crippen LogP contribution in [0.4, 0.5) is 0 Å². The van der Waals surface area contributed by atoms with Crippen LogP contribution in [0, 0.1) is 0 Å². The molecule has 3 rings (SSSR count). The summed E-state index contributed by atoms with van der Waals surface area (Å²) in [6.07, 6.45) is 0. The van der Waals surface area contributed by atoms with Gasteiger partial charge >= 0.3 is 0 Å². The highest BCUT2D eigenvalue weighted by Crippen LogP contribution is 2.26. The highest BCUT2D eigenvalue weighted by Gasteiger charge is 2.12. The van der Waals surface area contributed by atoms with Gasteiger partial charge in [-0.25, -0.2) is 0 Å². The summed E-state index contributed by atoms with van der Waals surface area (Å²) in [5.74, 6) is 3.41. The highest BCUT2D eigenvalue weighted by atomic mass is 32.2. The Morgan fingerprint density at radius 2 is 1.30 bits per heavy atom. The molecule has 140 valence electrons. The summed E-state index contributed by atoms with van der Waals surface area (Å²) in [6, 6.07) is 26.4. The molecule has 0 heterocycles. The van der Waals surface area contributed by atoms with Gasteiger partial charge in [-0.05, 0) is 59.5 Å². The van der Waals surface area contributed by atoms with Crippen molar-refractivity contribution in [2.75, 3.05) is 12.4 Å². The van der Waals surface area contributed by atoms with Crippen LogP contribution in [0.15, 0.2) is 83.8 Å². The van der Waals surface area contributed by atoms with Gasteiger partial charge in [0.05, 0.1) is 6.61 Å². The SMILES string of the molecule is CC(C)(C)c1ccc(SCCOc2ccc(Oc3ccccc3)cc2)cc1. The topological polar surface area (TPSA) is 18.5 Å². The fourth-order valence-corrected chi connectivity index (χ4v) is 3.33. The number of para-hydroxylation sites is 1. The maximum absolute atomic E-state index is 5.83. The minimum absolute atomic E-state index is 0.197. The molecule has 0 saturated heterocycles. The van der Waals surface area contributed by atoms with Crippen LogP contribution in [0.1, 0.15) is 26.3 Å². The Labute approximate surface area is 166 Å². The second-order valence-corrected chi connectivity index (χ2v) is 8.53. The molecule has 0 bridgehead atoms. The van der Waals surface area contributed by atoms with Gasteiger partial charge in [-0.2, -0.15) is 0 Å². The molecule has 0 spiro atoms. The van der Waals surface area contributed by atoms with Gasteiger partial charge in [0.15, 0.2) is 0 Å². The fraction of sp³-hybridized carbons (Fsp3) is 0.250. The van der Waals surface area contributed by atoms with E-state index in [1.807, 2.05) is 66.4 Å². The van der Waals surface area contributed by atoms with E-state index in [1.165, 1.54) is 10.5 Å². The van der Waals surface area contributed by atoms with Crippen LogP contribution >= 0.6 is 11.8 Å². The predicted octanol–water partition coefficient (Wildman–Crippen LogP) is 6.95. The van der Waals surface area contributed by atoms with Crippen molar-refractivity contribution in [2.24, 2.45) is 0 Å². The largest absolute Gasteiger partial charge is 0.493 e. The number of hydrogen-bond donors (Lipinski definition) is 0. The molecule has 3 aromatic rings. The van der Waals surface area contributed by atoms with Gasteiger partial charge in [0.1, 0.15) is 17.2 Å². The van der Waals surface area contributed by atoms with Gasteiger partial charge in [-0.15, -0.1) is 11.8 Å². The van der Waals surface area contributed by atoms with E-state index in [0.29, 0.717) is 6.61 Å². The van der Waals surface area contributed by atoms with Crippen LogP contribution in [0.25, 0.3) is 0 Å². The van der Waals surface area contributed by atoms with Crippen LogP contribution in [0.3, 0.4) is 0 Å². The number of benzene rings is 3. The lowest BCUT2D eigenvalue weighted by Gasteiger charge is -2.19. The smallest absolute Gasteiger partial charge is 0.127 e. The van der Waals surface area contributed by atoms with Gasteiger partial charge < -0.3 is 9.47 Å². The van der Waals surface area contributed by atoms with Gasteiger partial charge in [-0.1, -0.05) is 51.1 Å². The van der Waals surface area contributed by atoms with Crippen molar-refractivity contribution < 1.29 is 9.47 Å². The second-order valence-electron chi connectivity index (χ2n) is 7.36. The maximum atomic E-state index is 5.83. The van der Waals surface area contributed by atoms with Crippen molar-refractivity contribution in [1.82, 2.24) is 0 Å². The van der Waals surface area contributed by atoms with E-state index < -0.39 is 0 Å². The summed E-state index contributed by atoms with van der Waals surface area (Å²) in [7, 11) is 0. The molecule has 0 unspecified atom stereocenters. The lowest BCUT2D eigenvalue weighted by molar-refractivity contribution is 0.343. The van der Waals surface area contributed by atoms with Crippen molar-refractivity contribution >= 4 is 11.8 Å². The Kier molecular flexibility index (Phi) is 6.46. The zero-order valence-corrected chi connectivity index (χ0v) is 17.0. The lowest BCUT2D eigenvalue weighted by atomic mass is 9.87. The maximum Gasteiger partial charge on any atom is 0.127 e. The highest BCUT2D eigenvalue weighted by molar-refractivity contribution is 7.99. The summed E-state index contributed by atoms with van der Waals surface area (Å²) < 4.78 is 11.6. The monoisotopic (exact) mass is 378 g/mol. The zero-order chi connectivity index (χ0) is 19.1. The molecule has 0 N–H and O–H groups in total. The third-order valence-corrected chi connectivity index (χ3v) is 5.12. The first kappa shape index (κ1) is 19.4. The molecule has 3 heteroatoms. The van der Waals surface area contributed by atoms with E-state index in [9.17, 15) is 0 Å². The van der Waals surface area contributed by atoms with Crippen molar-refractivity contribution in [3.05, 3.63) is 84.4 Å². The third kappa shape index (κ3) is 6.07. The molecule has 0 saturated carbocycles. The minimum Gasteiger partial charge on any atom is -0.493 e. The quantitative estimate of drug-likeness (QED) is 0.327. The molecule has 3 aromatic carbocycles. The number of thioether (sulfide) groups is 1. The van der Waals surface area contributed by atoms with Crippen LogP contribution in [-0.2, 0) is 5.41 Å². The standard InChI is InChI=1S/C24H26O2S/c1-24(2,3)19-9-15-23(16-10-19)27-18-17-25-20-11-13-22(14-12-20)26-21-7-5-4-6-8-21/h4-16H,17-18H2,1-3H3. The molecule has 0 atom stereocenters. The summed E-state index contributed by atoms with van der Waals surface area (Å²) >= 11 is 1.81. The molecule has 0 aliphatic heterocycles. The first-order chi connectivity index (χ1) is 13.0. The van der Waals surface area contributed by atoms with Crippen LogP contribution in [0.5, 0.6) is 17.2 Å². The molecule has 27 heavy (non-hydrogen) atoms. The summed E-state index contributed by atoms with van der Waals surface area (Å²) in [5.41, 5.74) is 1.56. The fourth-order valence-electron chi connectivity index (χ4n) is 2.60. The first-order valence-electron chi connectivity index (χ1n) is 9.20. The summed E-state index contributed by atoms with van der Waals surface area (Å²) in [6.45, 7) is 7.38. The Bertz CT molecular complexity index is 819. The summed E-state index contributed by atoms with van der Waals surface area (Å²) in [4.78, 5) is 1.28. The average molecular weight is 379 g/mol. The predicted molar refractivity (Wildman–Crippen MR) is 114 cm³/mol. The van der Waals surface area contributed by atoms with Crippen molar-refractivity contribution in [1.29, 1.82) is 0 Å². The van der Waals surface area contributed by atoms with E-state index in [2.05, 4.69) is 45.0 Å². The van der Waals surface area contributed by atoms with Gasteiger partial charge in [0.25, 0.3) is 0 Å². The molecule has 0 fully saturated rings. The van der Waals surface area contributed by atoms with E-state index in [0.717, 1.165) is 23.0 Å². The second kappa shape index (κ2) is 9.01. The molecule has 0 aromatic heterocycles. The van der Waals surface area contributed by atoms with Gasteiger partial charge in [0, 0.05) is 10.6 Å². The van der Waals surface area contributed by atoms with Gasteiger partial charge in [0.2, 0.25) is 0 Å². The average Bonchev–Trinajstić information content (AvgIpc) is 2.67. The molecule has 0 aliphatic carbocycles. The normalized spacial score (nSPS) is 11.2. The van der Waals surface area contributed by atoms with E-state index in [1.54, 1.807) is 0 Å². The van der Waals surface area contributed by atoms with Crippen molar-refractivity contribution in [3.63, 3.8) is 0 Å².